The Hall–Kier alpha value is -2.32. The molecule has 0 saturated carbocycles. The molecule has 0 radical (unpaired) electrons. The average Bonchev–Trinajstić information content (AvgIpc) is 2.71. The van der Waals surface area contributed by atoms with E-state index < -0.39 is 5.82 Å². The summed E-state index contributed by atoms with van der Waals surface area (Å²) in [7, 11) is 0. The van der Waals surface area contributed by atoms with E-state index >= 15 is 0 Å². The van der Waals surface area contributed by atoms with E-state index in [1.165, 1.54) is 18.0 Å². The zero-order valence-electron chi connectivity index (χ0n) is 16.0. The summed E-state index contributed by atoms with van der Waals surface area (Å²) in [6, 6.07) is 3.97. The number of nitrogen functional groups attached to an aromatic ring is 1. The van der Waals surface area contributed by atoms with Crippen molar-refractivity contribution >= 4 is 11.8 Å². The number of nitrogens with two attached hydrogens (primary N) is 1. The topological polar surface area (TPSA) is 80.4 Å². The van der Waals surface area contributed by atoms with Gasteiger partial charge < -0.3 is 15.4 Å². The van der Waals surface area contributed by atoms with Crippen LogP contribution < -0.4 is 10.6 Å². The number of ether oxygens (including phenoxy) is 1. The zero-order valence-corrected chi connectivity index (χ0v) is 16.0. The molecule has 0 unspecified atom stereocenters. The molecule has 0 aliphatic carbocycles. The van der Waals surface area contributed by atoms with Crippen LogP contribution in [0.5, 0.6) is 0 Å². The van der Waals surface area contributed by atoms with Crippen LogP contribution in [0.1, 0.15) is 31.2 Å². The number of rotatable bonds is 5. The molecule has 0 amide bonds. The van der Waals surface area contributed by atoms with E-state index in [1.807, 2.05) is 12.1 Å². The van der Waals surface area contributed by atoms with Crippen molar-refractivity contribution in [1.29, 1.82) is 0 Å². The lowest BCUT2D eigenvalue weighted by Gasteiger charge is -2.37. The third kappa shape index (κ3) is 4.94. The summed E-state index contributed by atoms with van der Waals surface area (Å²) in [6.45, 7) is 4.68. The monoisotopic (exact) mass is 386 g/mol. The standard InChI is InChI=1S/C20H27FN6O/c21-16-12-24-20(25-13-16)27-9-4-18(5-10-27)28-17-2-7-26(8-3-17)14-15-1-6-23-19(22)11-15/h1,6,11-13,17-18H,2-5,7-10,14H2,(H2,22,23). The van der Waals surface area contributed by atoms with Crippen LogP contribution in [-0.4, -0.2) is 58.2 Å². The van der Waals surface area contributed by atoms with E-state index in [0.717, 1.165) is 58.4 Å². The van der Waals surface area contributed by atoms with Crippen LogP contribution in [0.25, 0.3) is 0 Å². The van der Waals surface area contributed by atoms with Crippen LogP contribution in [0.3, 0.4) is 0 Å². The maximum atomic E-state index is 13.0. The van der Waals surface area contributed by atoms with E-state index in [-0.39, 0.29) is 6.10 Å². The van der Waals surface area contributed by atoms with E-state index in [0.29, 0.717) is 17.9 Å². The predicted octanol–water partition coefficient (Wildman–Crippen LogP) is 2.24. The highest BCUT2D eigenvalue weighted by Crippen LogP contribution is 2.23. The SMILES string of the molecule is Nc1cc(CN2CCC(OC3CCN(c4ncc(F)cn4)CC3)CC2)ccn1. The number of anilines is 2. The van der Waals surface area contributed by atoms with Gasteiger partial charge in [-0.3, -0.25) is 4.90 Å². The van der Waals surface area contributed by atoms with Gasteiger partial charge in [0.25, 0.3) is 0 Å². The Kier molecular flexibility index (Phi) is 5.97. The molecule has 0 bridgehead atoms. The molecular formula is C20H27FN6O. The third-order valence-corrected chi connectivity index (χ3v) is 5.50. The predicted molar refractivity (Wildman–Crippen MR) is 105 cm³/mol. The lowest BCUT2D eigenvalue weighted by atomic mass is 10.0. The van der Waals surface area contributed by atoms with Crippen LogP contribution in [0.4, 0.5) is 16.2 Å². The maximum Gasteiger partial charge on any atom is 0.225 e. The Labute approximate surface area is 164 Å². The average molecular weight is 386 g/mol. The van der Waals surface area contributed by atoms with Crippen molar-refractivity contribution in [2.45, 2.75) is 44.4 Å². The Balaban J connectivity index is 1.19. The fourth-order valence-corrected chi connectivity index (χ4v) is 3.99. The van der Waals surface area contributed by atoms with Crippen LogP contribution in [0.15, 0.2) is 30.7 Å². The summed E-state index contributed by atoms with van der Waals surface area (Å²) >= 11 is 0. The fourth-order valence-electron chi connectivity index (χ4n) is 3.99. The summed E-state index contributed by atoms with van der Waals surface area (Å²) in [5.41, 5.74) is 6.98. The minimum atomic E-state index is -0.402. The smallest absolute Gasteiger partial charge is 0.225 e. The molecule has 2 aliphatic rings. The number of likely N-dealkylation sites (tertiary alicyclic amines) is 1. The Morgan fingerprint density at radius 3 is 2.29 bits per heavy atom. The second kappa shape index (κ2) is 8.79. The van der Waals surface area contributed by atoms with Gasteiger partial charge in [0.1, 0.15) is 5.82 Å². The van der Waals surface area contributed by atoms with Crippen molar-refractivity contribution in [3.8, 4) is 0 Å². The highest BCUT2D eigenvalue weighted by atomic mass is 19.1. The maximum absolute atomic E-state index is 13.0. The molecule has 28 heavy (non-hydrogen) atoms. The molecule has 2 fully saturated rings. The summed E-state index contributed by atoms with van der Waals surface area (Å²) in [5.74, 6) is 0.777. The Bertz CT molecular complexity index is 758. The van der Waals surface area contributed by atoms with Crippen LogP contribution >= 0.6 is 0 Å². The molecule has 8 heteroatoms. The molecule has 2 aromatic heterocycles. The lowest BCUT2D eigenvalue weighted by molar-refractivity contribution is -0.0518. The quantitative estimate of drug-likeness (QED) is 0.844. The van der Waals surface area contributed by atoms with Gasteiger partial charge in [0.05, 0.1) is 24.6 Å². The van der Waals surface area contributed by atoms with Gasteiger partial charge in [-0.15, -0.1) is 0 Å². The largest absolute Gasteiger partial charge is 0.384 e. The van der Waals surface area contributed by atoms with Gasteiger partial charge >= 0.3 is 0 Å². The van der Waals surface area contributed by atoms with Gasteiger partial charge in [-0.2, -0.15) is 0 Å². The molecule has 2 N–H and O–H groups in total. The van der Waals surface area contributed by atoms with Crippen molar-refractivity contribution < 1.29 is 9.13 Å². The summed E-state index contributed by atoms with van der Waals surface area (Å²) in [6.07, 6.45) is 8.85. The van der Waals surface area contributed by atoms with Crippen LogP contribution in [0.2, 0.25) is 0 Å². The molecule has 0 spiro atoms. The van der Waals surface area contributed by atoms with E-state index in [1.54, 1.807) is 6.20 Å². The summed E-state index contributed by atoms with van der Waals surface area (Å²) in [4.78, 5) is 16.7. The van der Waals surface area contributed by atoms with Gasteiger partial charge in [0.2, 0.25) is 5.95 Å². The number of halogens is 1. The number of aromatic nitrogens is 3. The number of hydrogen-bond acceptors (Lipinski definition) is 7. The van der Waals surface area contributed by atoms with Gasteiger partial charge in [0, 0.05) is 38.9 Å². The molecule has 4 rings (SSSR count). The first kappa shape index (κ1) is 19.0. The second-order valence-corrected chi connectivity index (χ2v) is 7.59. The minimum absolute atomic E-state index is 0.285. The first-order valence-corrected chi connectivity index (χ1v) is 9.96. The normalized spacial score (nSPS) is 19.8. The molecule has 0 atom stereocenters. The van der Waals surface area contributed by atoms with Crippen molar-refractivity contribution in [3.05, 3.63) is 42.1 Å². The first-order chi connectivity index (χ1) is 13.7. The molecule has 0 aromatic carbocycles. The first-order valence-electron chi connectivity index (χ1n) is 9.96. The molecule has 4 heterocycles. The molecule has 7 nitrogen and oxygen atoms in total. The Morgan fingerprint density at radius 2 is 1.64 bits per heavy atom. The fraction of sp³-hybridized carbons (Fsp3) is 0.550. The van der Waals surface area contributed by atoms with Crippen molar-refractivity contribution in [1.82, 2.24) is 19.9 Å². The Morgan fingerprint density at radius 1 is 1.00 bits per heavy atom. The lowest BCUT2D eigenvalue weighted by Crippen LogP contribution is -2.42. The molecule has 2 aromatic rings. The van der Waals surface area contributed by atoms with Crippen molar-refractivity contribution in [3.63, 3.8) is 0 Å². The minimum Gasteiger partial charge on any atom is -0.384 e. The van der Waals surface area contributed by atoms with Gasteiger partial charge in [0.15, 0.2) is 5.82 Å². The highest BCUT2D eigenvalue weighted by molar-refractivity contribution is 5.31. The second-order valence-electron chi connectivity index (χ2n) is 7.59. The molecule has 150 valence electrons. The number of hydrogen-bond donors (Lipinski definition) is 1. The summed E-state index contributed by atoms with van der Waals surface area (Å²) in [5, 5.41) is 0. The van der Waals surface area contributed by atoms with Crippen LogP contribution in [0, 0.1) is 5.82 Å². The number of piperidine rings is 2. The third-order valence-electron chi connectivity index (χ3n) is 5.50. The van der Waals surface area contributed by atoms with Gasteiger partial charge in [-0.25, -0.2) is 19.3 Å². The van der Waals surface area contributed by atoms with Crippen molar-refractivity contribution in [2.75, 3.05) is 36.8 Å². The van der Waals surface area contributed by atoms with Gasteiger partial charge in [-0.05, 0) is 43.4 Å². The number of pyridine rings is 1. The van der Waals surface area contributed by atoms with Crippen molar-refractivity contribution in [2.24, 2.45) is 0 Å². The van der Waals surface area contributed by atoms with E-state index in [4.69, 9.17) is 10.5 Å². The zero-order chi connectivity index (χ0) is 19.3. The van der Waals surface area contributed by atoms with Crippen LogP contribution in [-0.2, 0) is 11.3 Å². The van der Waals surface area contributed by atoms with Gasteiger partial charge in [-0.1, -0.05) is 0 Å². The molecule has 2 saturated heterocycles. The van der Waals surface area contributed by atoms with E-state index in [2.05, 4.69) is 24.8 Å². The number of nitrogens with zero attached hydrogens (tertiary/aromatic N) is 5. The summed E-state index contributed by atoms with van der Waals surface area (Å²) < 4.78 is 19.3. The molecule has 2 aliphatic heterocycles. The highest BCUT2D eigenvalue weighted by Gasteiger charge is 2.26. The van der Waals surface area contributed by atoms with E-state index in [9.17, 15) is 4.39 Å². The molecular weight excluding hydrogens is 359 g/mol.